The van der Waals surface area contributed by atoms with Crippen LogP contribution in [0.1, 0.15) is 11.1 Å². The predicted octanol–water partition coefficient (Wildman–Crippen LogP) is 3.75. The molecule has 0 aliphatic carbocycles. The molecule has 0 aliphatic rings. The molecule has 31 heavy (non-hydrogen) atoms. The van der Waals surface area contributed by atoms with Crippen molar-refractivity contribution in [1.82, 2.24) is 4.90 Å². The van der Waals surface area contributed by atoms with Gasteiger partial charge in [0.05, 0.1) is 19.8 Å². The molecule has 0 aliphatic heterocycles. The van der Waals surface area contributed by atoms with Gasteiger partial charge in [0.15, 0.2) is 0 Å². The fourth-order valence-electron chi connectivity index (χ4n) is 2.84. The van der Waals surface area contributed by atoms with Gasteiger partial charge in [-0.3, -0.25) is 4.90 Å². The smallest absolute Gasteiger partial charge is 0.414 e. The quantitative estimate of drug-likeness (QED) is 0.300. The van der Waals surface area contributed by atoms with E-state index in [1.165, 1.54) is 21.2 Å². The van der Waals surface area contributed by atoms with Crippen molar-refractivity contribution in [2.45, 2.75) is 13.0 Å². The molecule has 3 aromatic rings. The highest BCUT2D eigenvalue weighted by Crippen LogP contribution is 2.21. The average Bonchev–Trinajstić information content (AvgIpc) is 3.22. The van der Waals surface area contributed by atoms with E-state index in [0.29, 0.717) is 13.2 Å². The third-order valence-corrected chi connectivity index (χ3v) is 5.25. The Morgan fingerprint density at radius 2 is 1.74 bits per heavy atom. The molecule has 0 amide bonds. The number of thiophene rings is 1. The van der Waals surface area contributed by atoms with E-state index in [2.05, 4.69) is 64.7 Å². The number of carboxylic acids is 2. The molecule has 0 saturated carbocycles. The van der Waals surface area contributed by atoms with Gasteiger partial charge < -0.3 is 14.9 Å². The minimum absolute atomic E-state index is 0.646. The van der Waals surface area contributed by atoms with Gasteiger partial charge >= 0.3 is 11.9 Å². The van der Waals surface area contributed by atoms with Crippen LogP contribution in [0.3, 0.4) is 0 Å². The minimum atomic E-state index is -1.82. The Kier molecular flexibility index (Phi) is 10.3. The van der Waals surface area contributed by atoms with Gasteiger partial charge in [0.1, 0.15) is 0 Å². The molecule has 1 aromatic heterocycles. The lowest BCUT2D eigenvalue weighted by Crippen LogP contribution is -2.27. The third-order valence-electron chi connectivity index (χ3n) is 4.35. The van der Waals surface area contributed by atoms with Gasteiger partial charge in [0, 0.05) is 17.8 Å². The summed E-state index contributed by atoms with van der Waals surface area (Å²) in [5.41, 5.74) is 2.61. The van der Waals surface area contributed by atoms with Crippen molar-refractivity contribution in [3.05, 3.63) is 71.1 Å². The summed E-state index contributed by atoms with van der Waals surface area (Å²) in [6.45, 7) is 3.80. The van der Waals surface area contributed by atoms with Crippen LogP contribution in [0.15, 0.2) is 60.0 Å². The molecule has 0 radical (unpaired) electrons. The van der Waals surface area contributed by atoms with Crippen molar-refractivity contribution in [2.24, 2.45) is 0 Å². The normalized spacial score (nSPS) is 10.3. The predicted molar refractivity (Wildman–Crippen MR) is 122 cm³/mol. The number of hydrogen-bond donors (Lipinski definition) is 2. The first-order valence-electron chi connectivity index (χ1n) is 9.69. The summed E-state index contributed by atoms with van der Waals surface area (Å²) in [6, 6.07) is 19.2. The van der Waals surface area contributed by atoms with Crippen LogP contribution in [-0.4, -0.2) is 53.4 Å². The fraction of sp³-hybridized carbons (Fsp3) is 0.250. The summed E-state index contributed by atoms with van der Waals surface area (Å²) in [5.74, 6) is -0.908. The van der Waals surface area contributed by atoms with E-state index >= 15 is 0 Å². The summed E-state index contributed by atoms with van der Waals surface area (Å²) in [6.07, 6.45) is 6.44. The summed E-state index contributed by atoms with van der Waals surface area (Å²) in [5, 5.41) is 18.2. The molecule has 1 heterocycles. The van der Waals surface area contributed by atoms with Crippen LogP contribution in [0.2, 0.25) is 0 Å². The van der Waals surface area contributed by atoms with Gasteiger partial charge in [-0.25, -0.2) is 9.59 Å². The van der Waals surface area contributed by atoms with Crippen molar-refractivity contribution in [1.29, 1.82) is 0 Å². The van der Waals surface area contributed by atoms with Gasteiger partial charge in [-0.2, -0.15) is 0 Å². The van der Waals surface area contributed by atoms with E-state index in [0.717, 1.165) is 26.1 Å². The van der Waals surface area contributed by atoms with E-state index in [4.69, 9.17) is 31.0 Å². The van der Waals surface area contributed by atoms with Crippen LogP contribution in [0, 0.1) is 12.3 Å². The lowest BCUT2D eigenvalue weighted by Gasteiger charge is -2.19. The fourth-order valence-corrected chi connectivity index (χ4v) is 3.61. The average molecular weight is 440 g/mol. The van der Waals surface area contributed by atoms with Crippen LogP contribution < -0.4 is 0 Å². The largest absolute Gasteiger partial charge is 0.473 e. The number of aliphatic carboxylic acids is 2. The van der Waals surface area contributed by atoms with Crippen molar-refractivity contribution in [2.75, 3.05) is 26.3 Å². The second kappa shape index (κ2) is 13.2. The molecule has 3 rings (SSSR count). The summed E-state index contributed by atoms with van der Waals surface area (Å²) in [4.78, 5) is 20.4. The second-order valence-electron chi connectivity index (χ2n) is 6.67. The molecule has 0 saturated heterocycles. The number of fused-ring (bicyclic) bond motifs is 1. The molecule has 0 bridgehead atoms. The van der Waals surface area contributed by atoms with Crippen LogP contribution in [0.5, 0.6) is 0 Å². The Labute approximate surface area is 185 Å². The topological polar surface area (TPSA) is 87.1 Å². The van der Waals surface area contributed by atoms with Crippen molar-refractivity contribution in [3.8, 4) is 12.3 Å². The highest BCUT2D eigenvalue weighted by atomic mass is 32.1. The summed E-state index contributed by atoms with van der Waals surface area (Å²) < 4.78 is 7.18. The maximum Gasteiger partial charge on any atom is 0.414 e. The molecular weight excluding hydrogens is 414 g/mol. The number of terminal acetylenes is 1. The molecule has 0 fully saturated rings. The van der Waals surface area contributed by atoms with E-state index in [9.17, 15) is 0 Å². The number of carboxylic acid groups (broad SMARTS) is 2. The van der Waals surface area contributed by atoms with Gasteiger partial charge in [0.25, 0.3) is 0 Å². The van der Waals surface area contributed by atoms with Gasteiger partial charge in [-0.1, -0.05) is 48.4 Å². The van der Waals surface area contributed by atoms with Crippen LogP contribution in [-0.2, 0) is 27.3 Å². The maximum atomic E-state index is 9.10. The maximum absolute atomic E-state index is 9.10. The van der Waals surface area contributed by atoms with Crippen LogP contribution >= 0.6 is 11.3 Å². The number of carbonyl (C=O) groups is 2. The lowest BCUT2D eigenvalue weighted by molar-refractivity contribution is -0.159. The number of nitrogens with zero attached hydrogens (tertiary/aromatic N) is 1. The van der Waals surface area contributed by atoms with Crippen molar-refractivity contribution in [3.63, 3.8) is 0 Å². The number of benzene rings is 2. The number of hydrogen-bond acceptors (Lipinski definition) is 5. The Bertz CT molecular complexity index is 997. The van der Waals surface area contributed by atoms with Gasteiger partial charge in [0.2, 0.25) is 0 Å². The molecule has 2 N–H and O–H groups in total. The highest BCUT2D eigenvalue weighted by molar-refractivity contribution is 7.17. The monoisotopic (exact) mass is 439 g/mol. The second-order valence-corrected chi connectivity index (χ2v) is 7.61. The standard InChI is InChI=1S/C22H23NOS.C2H2O4/c1-2-12-23(18-20-6-4-3-5-7-20)13-15-24-14-10-19-8-9-22-21(17-19)11-16-25-22;3-1(4)2(5)6/h1,3-9,11,16-17H,10,12-15,18H2;(H,3,4)(H,5,6). The van der Waals surface area contributed by atoms with Crippen molar-refractivity contribution >= 4 is 33.4 Å². The van der Waals surface area contributed by atoms with E-state index in [1.54, 1.807) is 11.3 Å². The Morgan fingerprint density at radius 1 is 1.00 bits per heavy atom. The first kappa shape index (κ1) is 24.1. The first-order chi connectivity index (χ1) is 15.0. The zero-order valence-corrected chi connectivity index (χ0v) is 17.9. The number of rotatable bonds is 9. The Hall–Kier alpha value is -3.18. The SMILES string of the molecule is C#CCN(CCOCCc1ccc2sccc2c1)Cc1ccccc1.O=C(O)C(=O)O. The molecular formula is C24H25NO5S. The van der Waals surface area contributed by atoms with Gasteiger partial charge in [-0.05, 0) is 40.4 Å². The van der Waals surface area contributed by atoms with Crippen LogP contribution in [0.4, 0.5) is 0 Å². The number of ether oxygens (including phenoxy) is 1. The Balaban J connectivity index is 0.000000501. The molecule has 0 spiro atoms. The zero-order chi connectivity index (χ0) is 22.5. The van der Waals surface area contributed by atoms with E-state index in [-0.39, 0.29) is 0 Å². The van der Waals surface area contributed by atoms with E-state index in [1.807, 2.05) is 6.07 Å². The summed E-state index contributed by atoms with van der Waals surface area (Å²) >= 11 is 1.78. The highest BCUT2D eigenvalue weighted by Gasteiger charge is 2.05. The van der Waals surface area contributed by atoms with Gasteiger partial charge in [-0.15, -0.1) is 17.8 Å². The Morgan fingerprint density at radius 3 is 2.42 bits per heavy atom. The molecule has 162 valence electrons. The molecule has 6 nitrogen and oxygen atoms in total. The minimum Gasteiger partial charge on any atom is -0.473 e. The lowest BCUT2D eigenvalue weighted by atomic mass is 10.1. The third kappa shape index (κ3) is 9.01. The zero-order valence-electron chi connectivity index (χ0n) is 17.1. The van der Waals surface area contributed by atoms with Crippen LogP contribution in [0.25, 0.3) is 10.1 Å². The van der Waals surface area contributed by atoms with Crippen molar-refractivity contribution < 1.29 is 24.5 Å². The summed E-state index contributed by atoms with van der Waals surface area (Å²) in [7, 11) is 0. The molecule has 0 atom stereocenters. The molecule has 7 heteroatoms. The molecule has 2 aromatic carbocycles. The molecule has 0 unspecified atom stereocenters. The van der Waals surface area contributed by atoms with E-state index < -0.39 is 11.9 Å². The first-order valence-corrected chi connectivity index (χ1v) is 10.6.